The lowest BCUT2D eigenvalue weighted by Gasteiger charge is -2.21. The Hall–Kier alpha value is -0.300. The molecule has 1 heteroatoms. The van der Waals surface area contributed by atoms with E-state index in [1.54, 1.807) is 6.08 Å². The fourth-order valence-corrected chi connectivity index (χ4v) is 2.62. The lowest BCUT2D eigenvalue weighted by molar-refractivity contribution is 0.0939. The highest BCUT2D eigenvalue weighted by Crippen LogP contribution is 2.23. The fraction of sp³-hybridized carbons (Fsp3) is 0.895. The Bertz CT molecular complexity index is 242. The zero-order chi connectivity index (χ0) is 15.6. The maximum atomic E-state index is 9.91. The molecule has 0 aliphatic carbocycles. The molecule has 0 bridgehead atoms. The third-order valence-electron chi connectivity index (χ3n) is 4.46. The standard InChI is InChI=1S/C19H38O/c1-7-19(6,20)15-14-18(5)13-9-12-17(4)11-8-10-16(2)3/h7,16-18,20H,1,8-15H2,2-6H3. The molecule has 120 valence electrons. The number of hydrogen-bond acceptors (Lipinski definition) is 1. The van der Waals surface area contributed by atoms with E-state index in [2.05, 4.69) is 34.3 Å². The molecule has 0 saturated carbocycles. The van der Waals surface area contributed by atoms with Gasteiger partial charge in [-0.15, -0.1) is 6.58 Å². The van der Waals surface area contributed by atoms with Gasteiger partial charge in [0.2, 0.25) is 0 Å². The van der Waals surface area contributed by atoms with Crippen molar-refractivity contribution < 1.29 is 5.11 Å². The van der Waals surface area contributed by atoms with E-state index >= 15 is 0 Å². The van der Waals surface area contributed by atoms with E-state index in [4.69, 9.17) is 0 Å². The van der Waals surface area contributed by atoms with Crippen LogP contribution in [-0.2, 0) is 0 Å². The molecule has 0 aliphatic heterocycles. The summed E-state index contributed by atoms with van der Waals surface area (Å²) in [4.78, 5) is 0. The lowest BCUT2D eigenvalue weighted by Crippen LogP contribution is -2.21. The second-order valence-electron chi connectivity index (χ2n) is 7.57. The molecular weight excluding hydrogens is 244 g/mol. The van der Waals surface area contributed by atoms with Crippen LogP contribution in [0.5, 0.6) is 0 Å². The van der Waals surface area contributed by atoms with Crippen LogP contribution in [-0.4, -0.2) is 10.7 Å². The van der Waals surface area contributed by atoms with Gasteiger partial charge in [-0.2, -0.15) is 0 Å². The van der Waals surface area contributed by atoms with Crippen LogP contribution < -0.4 is 0 Å². The van der Waals surface area contributed by atoms with Crippen LogP contribution in [0.2, 0.25) is 0 Å². The molecular formula is C19H38O. The Morgan fingerprint density at radius 1 is 0.900 bits per heavy atom. The van der Waals surface area contributed by atoms with Crippen LogP contribution in [0.15, 0.2) is 12.7 Å². The summed E-state index contributed by atoms with van der Waals surface area (Å²) in [5.74, 6) is 2.43. The molecule has 0 spiro atoms. The second-order valence-corrected chi connectivity index (χ2v) is 7.57. The van der Waals surface area contributed by atoms with Gasteiger partial charge < -0.3 is 5.11 Å². The van der Waals surface area contributed by atoms with Crippen molar-refractivity contribution in [3.63, 3.8) is 0 Å². The van der Waals surface area contributed by atoms with Gasteiger partial charge in [-0.25, -0.2) is 0 Å². The quantitative estimate of drug-likeness (QED) is 0.437. The average molecular weight is 283 g/mol. The predicted octanol–water partition coefficient (Wildman–Crippen LogP) is 5.97. The fourth-order valence-electron chi connectivity index (χ4n) is 2.62. The minimum Gasteiger partial charge on any atom is -0.386 e. The Morgan fingerprint density at radius 2 is 1.35 bits per heavy atom. The van der Waals surface area contributed by atoms with Crippen LogP contribution in [0.4, 0.5) is 0 Å². The zero-order valence-electron chi connectivity index (χ0n) is 14.6. The number of aliphatic hydroxyl groups is 1. The third kappa shape index (κ3) is 11.5. The van der Waals surface area contributed by atoms with Gasteiger partial charge in [0, 0.05) is 0 Å². The highest BCUT2D eigenvalue weighted by molar-refractivity contribution is 4.91. The van der Waals surface area contributed by atoms with Crippen LogP contribution in [0.25, 0.3) is 0 Å². The third-order valence-corrected chi connectivity index (χ3v) is 4.46. The molecule has 0 aromatic rings. The molecule has 0 aromatic carbocycles. The Kier molecular flexibility index (Phi) is 10.3. The minimum absolute atomic E-state index is 0.682. The highest BCUT2D eigenvalue weighted by atomic mass is 16.3. The molecule has 0 aliphatic rings. The summed E-state index contributed by atoms with van der Waals surface area (Å²) in [6, 6.07) is 0. The van der Waals surface area contributed by atoms with Gasteiger partial charge >= 0.3 is 0 Å². The molecule has 0 amide bonds. The van der Waals surface area contributed by atoms with E-state index in [0.717, 1.165) is 24.7 Å². The van der Waals surface area contributed by atoms with E-state index in [0.29, 0.717) is 5.92 Å². The Morgan fingerprint density at radius 3 is 1.80 bits per heavy atom. The predicted molar refractivity (Wildman–Crippen MR) is 90.9 cm³/mol. The first kappa shape index (κ1) is 19.7. The molecule has 1 nitrogen and oxygen atoms in total. The molecule has 1 N–H and O–H groups in total. The van der Waals surface area contributed by atoms with Crippen molar-refractivity contribution in [2.75, 3.05) is 0 Å². The molecule has 0 fully saturated rings. The largest absolute Gasteiger partial charge is 0.386 e. The molecule has 3 unspecified atom stereocenters. The topological polar surface area (TPSA) is 20.2 Å². The monoisotopic (exact) mass is 282 g/mol. The summed E-state index contributed by atoms with van der Waals surface area (Å²) in [6.07, 6.45) is 11.7. The lowest BCUT2D eigenvalue weighted by atomic mass is 9.89. The maximum Gasteiger partial charge on any atom is 0.0797 e. The van der Waals surface area contributed by atoms with Crippen LogP contribution >= 0.6 is 0 Å². The zero-order valence-corrected chi connectivity index (χ0v) is 14.6. The van der Waals surface area contributed by atoms with Gasteiger partial charge in [-0.3, -0.25) is 0 Å². The van der Waals surface area contributed by atoms with Crippen molar-refractivity contribution in [2.45, 2.75) is 91.6 Å². The molecule has 0 radical (unpaired) electrons. The maximum absolute atomic E-state index is 9.91. The number of rotatable bonds is 12. The van der Waals surface area contributed by atoms with Gasteiger partial charge in [0.25, 0.3) is 0 Å². The molecule has 20 heavy (non-hydrogen) atoms. The van der Waals surface area contributed by atoms with Crippen molar-refractivity contribution in [2.24, 2.45) is 17.8 Å². The van der Waals surface area contributed by atoms with Gasteiger partial charge in [-0.05, 0) is 37.5 Å². The SMILES string of the molecule is C=CC(C)(O)CCC(C)CCCC(C)CCCC(C)C. The number of hydrogen-bond donors (Lipinski definition) is 1. The summed E-state index contributed by atoms with van der Waals surface area (Å²) in [5, 5.41) is 9.91. The first-order valence-electron chi connectivity index (χ1n) is 8.62. The van der Waals surface area contributed by atoms with E-state index < -0.39 is 5.60 Å². The summed E-state index contributed by atoms with van der Waals surface area (Å²) in [7, 11) is 0. The van der Waals surface area contributed by atoms with Crippen LogP contribution in [0.3, 0.4) is 0 Å². The molecule has 0 aromatic heterocycles. The summed E-state index contributed by atoms with van der Waals surface area (Å²) in [5.41, 5.74) is -0.682. The normalized spacial score (nSPS) is 17.8. The van der Waals surface area contributed by atoms with Gasteiger partial charge in [0.15, 0.2) is 0 Å². The smallest absolute Gasteiger partial charge is 0.0797 e. The van der Waals surface area contributed by atoms with Crippen molar-refractivity contribution >= 4 is 0 Å². The summed E-state index contributed by atoms with van der Waals surface area (Å²) >= 11 is 0. The molecule has 0 rings (SSSR count). The van der Waals surface area contributed by atoms with E-state index in [1.165, 1.54) is 38.5 Å². The first-order valence-corrected chi connectivity index (χ1v) is 8.62. The van der Waals surface area contributed by atoms with Gasteiger partial charge in [0.05, 0.1) is 5.60 Å². The molecule has 0 saturated heterocycles. The van der Waals surface area contributed by atoms with Crippen LogP contribution in [0, 0.1) is 17.8 Å². The average Bonchev–Trinajstić information content (AvgIpc) is 2.36. The minimum atomic E-state index is -0.682. The first-order chi connectivity index (χ1) is 9.26. The molecule has 3 atom stereocenters. The van der Waals surface area contributed by atoms with Crippen molar-refractivity contribution in [1.29, 1.82) is 0 Å². The van der Waals surface area contributed by atoms with E-state index in [1.807, 2.05) is 6.92 Å². The summed E-state index contributed by atoms with van der Waals surface area (Å²) in [6.45, 7) is 14.9. The second kappa shape index (κ2) is 10.4. The Balaban J connectivity index is 3.60. The molecule has 0 heterocycles. The highest BCUT2D eigenvalue weighted by Gasteiger charge is 2.16. The van der Waals surface area contributed by atoms with Crippen molar-refractivity contribution in [1.82, 2.24) is 0 Å². The van der Waals surface area contributed by atoms with Crippen molar-refractivity contribution in [3.05, 3.63) is 12.7 Å². The van der Waals surface area contributed by atoms with Gasteiger partial charge in [0.1, 0.15) is 0 Å². The summed E-state index contributed by atoms with van der Waals surface area (Å²) < 4.78 is 0. The van der Waals surface area contributed by atoms with Crippen molar-refractivity contribution in [3.8, 4) is 0 Å². The van der Waals surface area contributed by atoms with E-state index in [9.17, 15) is 5.11 Å². The van der Waals surface area contributed by atoms with Crippen LogP contribution in [0.1, 0.15) is 86.0 Å². The Labute approximate surface area is 127 Å². The van der Waals surface area contributed by atoms with Gasteiger partial charge in [-0.1, -0.05) is 72.3 Å². The van der Waals surface area contributed by atoms with E-state index in [-0.39, 0.29) is 0 Å².